The molecule has 17 heavy (non-hydrogen) atoms. The molecule has 0 fully saturated rings. The second-order valence-corrected chi connectivity index (χ2v) is 5.16. The molecule has 0 bridgehead atoms. The zero-order chi connectivity index (χ0) is 12.7. The molecule has 98 valence electrons. The van der Waals surface area contributed by atoms with Gasteiger partial charge in [0.2, 0.25) is 0 Å². The molecule has 0 aliphatic rings. The van der Waals surface area contributed by atoms with Gasteiger partial charge in [0.25, 0.3) is 0 Å². The highest BCUT2D eigenvalue weighted by atomic mass is 15.1. The molecule has 1 aromatic rings. The van der Waals surface area contributed by atoms with Gasteiger partial charge in [-0.15, -0.1) is 0 Å². The number of nitrogens with one attached hydrogen (secondary N) is 1. The zero-order valence-corrected chi connectivity index (χ0v) is 11.7. The molecule has 0 aliphatic heterocycles. The van der Waals surface area contributed by atoms with Gasteiger partial charge in [0.1, 0.15) is 0 Å². The van der Waals surface area contributed by atoms with E-state index in [1.54, 1.807) is 0 Å². The highest BCUT2D eigenvalue weighted by molar-refractivity contribution is 4.99. The molecule has 1 rings (SSSR count). The number of hydrogen-bond acceptors (Lipinski definition) is 2. The van der Waals surface area contributed by atoms with Gasteiger partial charge in [0, 0.05) is 24.8 Å². The van der Waals surface area contributed by atoms with Crippen LogP contribution in [-0.2, 0) is 6.54 Å². The maximum Gasteiger partial charge on any atom is 0.0951 e. The Morgan fingerprint density at radius 1 is 1.29 bits per heavy atom. The molecule has 1 unspecified atom stereocenters. The van der Waals surface area contributed by atoms with Crippen LogP contribution in [0.3, 0.4) is 0 Å². The Hall–Kier alpha value is -0.830. The molecule has 0 aromatic carbocycles. The Kier molecular flexibility index (Phi) is 6.27. The third-order valence-corrected chi connectivity index (χ3v) is 3.17. The highest BCUT2D eigenvalue weighted by Gasteiger charge is 2.06. The van der Waals surface area contributed by atoms with Crippen molar-refractivity contribution in [3.05, 3.63) is 18.2 Å². The number of rotatable bonds is 8. The fourth-order valence-corrected chi connectivity index (χ4v) is 2.02. The molecule has 1 aromatic heterocycles. The van der Waals surface area contributed by atoms with Crippen LogP contribution in [0.25, 0.3) is 0 Å². The van der Waals surface area contributed by atoms with Crippen LogP contribution >= 0.6 is 0 Å². The van der Waals surface area contributed by atoms with Crippen molar-refractivity contribution in [2.75, 3.05) is 0 Å². The second-order valence-electron chi connectivity index (χ2n) is 5.16. The van der Waals surface area contributed by atoms with E-state index in [2.05, 4.69) is 42.6 Å². The van der Waals surface area contributed by atoms with Crippen molar-refractivity contribution in [3.63, 3.8) is 0 Å². The molecule has 0 amide bonds. The summed E-state index contributed by atoms with van der Waals surface area (Å²) in [5.74, 6) is 0. The molecule has 0 saturated heterocycles. The van der Waals surface area contributed by atoms with Gasteiger partial charge < -0.3 is 9.88 Å². The summed E-state index contributed by atoms with van der Waals surface area (Å²) in [5, 5.41) is 3.58. The van der Waals surface area contributed by atoms with Crippen molar-refractivity contribution < 1.29 is 0 Å². The topological polar surface area (TPSA) is 29.9 Å². The lowest BCUT2D eigenvalue weighted by atomic mass is 10.1. The first-order chi connectivity index (χ1) is 8.15. The fraction of sp³-hybridized carbons (Fsp3) is 0.786. The van der Waals surface area contributed by atoms with Gasteiger partial charge >= 0.3 is 0 Å². The van der Waals surface area contributed by atoms with Crippen LogP contribution in [0.15, 0.2) is 12.5 Å². The van der Waals surface area contributed by atoms with Gasteiger partial charge in [-0.3, -0.25) is 0 Å². The van der Waals surface area contributed by atoms with Crippen molar-refractivity contribution in [1.29, 1.82) is 0 Å². The van der Waals surface area contributed by atoms with Crippen molar-refractivity contribution in [2.24, 2.45) is 0 Å². The molecule has 0 spiro atoms. The van der Waals surface area contributed by atoms with Gasteiger partial charge in [-0.1, -0.05) is 26.2 Å². The van der Waals surface area contributed by atoms with E-state index in [0.717, 1.165) is 6.54 Å². The second kappa shape index (κ2) is 7.49. The Bertz CT molecular complexity index is 304. The molecular formula is C14H27N3. The minimum atomic E-state index is 0.490. The van der Waals surface area contributed by atoms with E-state index in [0.29, 0.717) is 12.1 Å². The van der Waals surface area contributed by atoms with Crippen LogP contribution < -0.4 is 5.32 Å². The Labute approximate surface area is 106 Å². The lowest BCUT2D eigenvalue weighted by Crippen LogP contribution is -2.26. The average Bonchev–Trinajstić information content (AvgIpc) is 2.75. The minimum Gasteiger partial charge on any atom is -0.331 e. The Morgan fingerprint density at radius 2 is 2.06 bits per heavy atom. The Morgan fingerprint density at radius 3 is 2.71 bits per heavy atom. The summed E-state index contributed by atoms with van der Waals surface area (Å²) >= 11 is 0. The number of aromatic nitrogens is 2. The predicted molar refractivity (Wildman–Crippen MR) is 73.1 cm³/mol. The first kappa shape index (κ1) is 14.2. The molecule has 0 aliphatic carbocycles. The van der Waals surface area contributed by atoms with E-state index in [9.17, 15) is 0 Å². The molecule has 3 heteroatoms. The Balaban J connectivity index is 2.31. The summed E-state index contributed by atoms with van der Waals surface area (Å²) in [6, 6.07) is 1.08. The van der Waals surface area contributed by atoms with Crippen molar-refractivity contribution in [1.82, 2.24) is 14.9 Å². The molecule has 1 heterocycles. The summed E-state index contributed by atoms with van der Waals surface area (Å²) in [5.41, 5.74) is 1.28. The molecule has 3 nitrogen and oxygen atoms in total. The largest absolute Gasteiger partial charge is 0.331 e. The van der Waals surface area contributed by atoms with E-state index in [4.69, 9.17) is 0 Å². The van der Waals surface area contributed by atoms with E-state index in [1.165, 1.54) is 31.4 Å². The van der Waals surface area contributed by atoms with E-state index >= 15 is 0 Å². The van der Waals surface area contributed by atoms with E-state index in [-0.39, 0.29) is 0 Å². The lowest BCUT2D eigenvalue weighted by Gasteiger charge is -2.16. The van der Waals surface area contributed by atoms with Crippen LogP contribution in [0.5, 0.6) is 0 Å². The SMILES string of the molecule is CCCCCC(C)NCc1cncn1C(C)C. The number of nitrogens with zero attached hydrogens (tertiary/aromatic N) is 2. The van der Waals surface area contributed by atoms with E-state index in [1.807, 2.05) is 12.5 Å². The molecular weight excluding hydrogens is 210 g/mol. The quantitative estimate of drug-likeness (QED) is 0.701. The monoisotopic (exact) mass is 237 g/mol. The summed E-state index contributed by atoms with van der Waals surface area (Å²) in [4.78, 5) is 4.22. The van der Waals surface area contributed by atoms with Crippen LogP contribution in [0.2, 0.25) is 0 Å². The van der Waals surface area contributed by atoms with Crippen molar-refractivity contribution in [2.45, 2.75) is 72.0 Å². The normalized spacial score (nSPS) is 13.2. The molecule has 1 N–H and O–H groups in total. The summed E-state index contributed by atoms with van der Waals surface area (Å²) < 4.78 is 2.23. The van der Waals surface area contributed by atoms with Gasteiger partial charge in [-0.2, -0.15) is 0 Å². The number of unbranched alkanes of at least 4 members (excludes halogenated alkanes) is 2. The van der Waals surface area contributed by atoms with Crippen LogP contribution in [0, 0.1) is 0 Å². The minimum absolute atomic E-state index is 0.490. The first-order valence-corrected chi connectivity index (χ1v) is 6.89. The van der Waals surface area contributed by atoms with Crippen molar-refractivity contribution >= 4 is 0 Å². The van der Waals surface area contributed by atoms with Crippen LogP contribution in [0.1, 0.15) is 65.1 Å². The van der Waals surface area contributed by atoms with Crippen LogP contribution in [-0.4, -0.2) is 15.6 Å². The third kappa shape index (κ3) is 4.90. The van der Waals surface area contributed by atoms with E-state index < -0.39 is 0 Å². The molecule has 0 saturated carbocycles. The van der Waals surface area contributed by atoms with Gasteiger partial charge in [-0.05, 0) is 27.2 Å². The predicted octanol–water partition coefficient (Wildman–Crippen LogP) is 3.52. The van der Waals surface area contributed by atoms with Gasteiger partial charge in [0.05, 0.1) is 12.0 Å². The first-order valence-electron chi connectivity index (χ1n) is 6.89. The third-order valence-electron chi connectivity index (χ3n) is 3.17. The molecule has 1 atom stereocenters. The summed E-state index contributed by atoms with van der Waals surface area (Å²) in [6.45, 7) is 9.82. The van der Waals surface area contributed by atoms with Crippen LogP contribution in [0.4, 0.5) is 0 Å². The van der Waals surface area contributed by atoms with Crippen molar-refractivity contribution in [3.8, 4) is 0 Å². The summed E-state index contributed by atoms with van der Waals surface area (Å²) in [6.07, 6.45) is 9.12. The average molecular weight is 237 g/mol. The van der Waals surface area contributed by atoms with Gasteiger partial charge in [0.15, 0.2) is 0 Å². The van der Waals surface area contributed by atoms with Gasteiger partial charge in [-0.25, -0.2) is 4.98 Å². The lowest BCUT2D eigenvalue weighted by molar-refractivity contribution is 0.469. The maximum atomic E-state index is 4.22. The highest BCUT2D eigenvalue weighted by Crippen LogP contribution is 2.09. The smallest absolute Gasteiger partial charge is 0.0951 e. The summed E-state index contributed by atoms with van der Waals surface area (Å²) in [7, 11) is 0. The zero-order valence-electron chi connectivity index (χ0n) is 11.7. The number of imidazole rings is 1. The standard InChI is InChI=1S/C14H27N3/c1-5-6-7-8-13(4)16-10-14-9-15-11-17(14)12(2)3/h9,11-13,16H,5-8,10H2,1-4H3. The maximum absolute atomic E-state index is 4.22. The number of hydrogen-bond donors (Lipinski definition) is 1. The molecule has 0 radical (unpaired) electrons. The fourth-order valence-electron chi connectivity index (χ4n) is 2.02.